The third-order valence-electron chi connectivity index (χ3n) is 7.75. The lowest BCUT2D eigenvalue weighted by molar-refractivity contribution is -0.0301. The lowest BCUT2D eigenvalue weighted by Crippen LogP contribution is -2.56. The predicted molar refractivity (Wildman–Crippen MR) is 121 cm³/mol. The molecule has 2 N–H and O–H groups in total. The SMILES string of the molecule is CC1C(C)C12OCCCN1C(=O)c3c(O)c(=O)c(C(=O)NCc4ccc(F)c(Cl)c4F)cn3CC12. The molecular weight excluding hydrogens is 484 g/mol. The second-order valence-electron chi connectivity index (χ2n) is 9.39. The van der Waals surface area contributed by atoms with E-state index in [0.29, 0.717) is 19.6 Å². The molecule has 2 amide bonds. The highest BCUT2D eigenvalue weighted by molar-refractivity contribution is 6.30. The first-order valence-electron chi connectivity index (χ1n) is 11.4. The van der Waals surface area contributed by atoms with E-state index in [1.54, 1.807) is 4.90 Å². The minimum atomic E-state index is -1.02. The van der Waals surface area contributed by atoms with E-state index >= 15 is 0 Å². The number of benzene rings is 1. The molecule has 35 heavy (non-hydrogen) atoms. The summed E-state index contributed by atoms with van der Waals surface area (Å²) in [6.45, 7) is 4.95. The van der Waals surface area contributed by atoms with Gasteiger partial charge in [0.05, 0.1) is 11.6 Å². The van der Waals surface area contributed by atoms with Crippen molar-refractivity contribution in [1.29, 1.82) is 0 Å². The Morgan fingerprint density at radius 2 is 2.00 bits per heavy atom. The van der Waals surface area contributed by atoms with Crippen LogP contribution in [0.15, 0.2) is 23.1 Å². The van der Waals surface area contributed by atoms with E-state index in [-0.39, 0.29) is 42.2 Å². The number of halogens is 3. The van der Waals surface area contributed by atoms with Crippen LogP contribution in [-0.4, -0.2) is 51.2 Å². The van der Waals surface area contributed by atoms with Gasteiger partial charge >= 0.3 is 0 Å². The van der Waals surface area contributed by atoms with Crippen molar-refractivity contribution in [1.82, 2.24) is 14.8 Å². The Balaban J connectivity index is 1.47. The number of rotatable bonds is 3. The Labute approximate surface area is 204 Å². The molecule has 3 atom stereocenters. The Bertz CT molecular complexity index is 1310. The highest BCUT2D eigenvalue weighted by atomic mass is 35.5. The summed E-state index contributed by atoms with van der Waals surface area (Å²) in [6, 6.07) is 1.78. The van der Waals surface area contributed by atoms with Crippen LogP contribution in [-0.2, 0) is 17.8 Å². The molecule has 1 saturated heterocycles. The number of amides is 2. The van der Waals surface area contributed by atoms with E-state index in [2.05, 4.69) is 19.2 Å². The van der Waals surface area contributed by atoms with Gasteiger partial charge in [0, 0.05) is 38.0 Å². The van der Waals surface area contributed by atoms with Crippen molar-refractivity contribution in [2.45, 2.75) is 45.0 Å². The van der Waals surface area contributed by atoms with E-state index < -0.39 is 50.8 Å². The van der Waals surface area contributed by atoms with Crippen LogP contribution in [0.2, 0.25) is 5.02 Å². The molecule has 8 nitrogen and oxygen atoms in total. The van der Waals surface area contributed by atoms with E-state index in [4.69, 9.17) is 16.3 Å². The average Bonchev–Trinajstić information content (AvgIpc) is 3.43. The maximum Gasteiger partial charge on any atom is 0.274 e. The molecule has 2 aromatic rings. The Morgan fingerprint density at radius 3 is 2.69 bits per heavy atom. The zero-order valence-electron chi connectivity index (χ0n) is 19.1. The normalized spacial score (nSPS) is 27.3. The van der Waals surface area contributed by atoms with E-state index in [1.165, 1.54) is 10.8 Å². The summed E-state index contributed by atoms with van der Waals surface area (Å²) in [5.74, 6) is -3.69. The number of carbonyl (C=O) groups excluding carboxylic acids is 2. The second kappa shape index (κ2) is 8.30. The van der Waals surface area contributed by atoms with Gasteiger partial charge in [-0.25, -0.2) is 8.78 Å². The molecule has 0 radical (unpaired) electrons. The fraction of sp³-hybridized carbons (Fsp3) is 0.458. The van der Waals surface area contributed by atoms with Crippen LogP contribution < -0.4 is 10.7 Å². The molecular formula is C24H24ClF2N3O5. The standard InChI is InChI=1S/C24H24ClF2N3O5/c1-11-12(2)24(11)16-10-29-9-14(22(33)28-8-13-4-5-15(26)17(25)18(13)27)20(31)21(32)19(29)23(34)30(16)6-3-7-35-24/h4-5,9,11-12,16,32H,3,6-8,10H2,1-2H3,(H,28,33). The van der Waals surface area contributed by atoms with Gasteiger partial charge in [-0.1, -0.05) is 31.5 Å². The highest BCUT2D eigenvalue weighted by Gasteiger charge is 2.68. The fourth-order valence-corrected chi connectivity index (χ4v) is 5.76. The summed E-state index contributed by atoms with van der Waals surface area (Å²) in [4.78, 5) is 40.7. The van der Waals surface area contributed by atoms with Gasteiger partial charge in [0.25, 0.3) is 11.8 Å². The van der Waals surface area contributed by atoms with E-state index in [9.17, 15) is 28.3 Å². The fourth-order valence-electron chi connectivity index (χ4n) is 5.58. The van der Waals surface area contributed by atoms with Gasteiger partial charge in [-0.05, 0) is 24.3 Å². The predicted octanol–water partition coefficient (Wildman–Crippen LogP) is 2.68. The Kier molecular flexibility index (Phi) is 5.63. The number of aromatic hydroxyl groups is 1. The van der Waals surface area contributed by atoms with Gasteiger partial charge in [-0.2, -0.15) is 0 Å². The maximum absolute atomic E-state index is 14.2. The zero-order chi connectivity index (χ0) is 25.2. The number of carbonyl (C=O) groups is 2. The van der Waals surface area contributed by atoms with Crippen LogP contribution in [0, 0.1) is 23.5 Å². The summed E-state index contributed by atoms with van der Waals surface area (Å²) in [5, 5.41) is 12.3. The molecule has 3 heterocycles. The number of fused-ring (bicyclic) bond motifs is 3. The summed E-state index contributed by atoms with van der Waals surface area (Å²) in [7, 11) is 0. The highest BCUT2D eigenvalue weighted by Crippen LogP contribution is 2.58. The molecule has 2 aliphatic heterocycles. The number of ether oxygens (including phenoxy) is 1. The summed E-state index contributed by atoms with van der Waals surface area (Å²) < 4.78 is 35.2. The maximum atomic E-state index is 14.2. The van der Waals surface area contributed by atoms with Crippen molar-refractivity contribution in [2.75, 3.05) is 13.2 Å². The largest absolute Gasteiger partial charge is 0.503 e. The van der Waals surface area contributed by atoms with Crippen molar-refractivity contribution in [2.24, 2.45) is 11.8 Å². The topological polar surface area (TPSA) is 101 Å². The van der Waals surface area contributed by atoms with Crippen LogP contribution in [0.4, 0.5) is 8.78 Å². The van der Waals surface area contributed by atoms with Gasteiger partial charge in [-0.3, -0.25) is 14.4 Å². The van der Waals surface area contributed by atoms with Crippen molar-refractivity contribution >= 4 is 23.4 Å². The number of nitrogens with zero attached hydrogens (tertiary/aromatic N) is 2. The number of hydrogen-bond donors (Lipinski definition) is 2. The van der Waals surface area contributed by atoms with Crippen LogP contribution in [0.1, 0.15) is 46.7 Å². The van der Waals surface area contributed by atoms with Gasteiger partial charge in [0.2, 0.25) is 5.43 Å². The van der Waals surface area contributed by atoms with Crippen LogP contribution in [0.25, 0.3) is 0 Å². The molecule has 1 aliphatic carbocycles. The van der Waals surface area contributed by atoms with Crippen molar-refractivity contribution in [3.8, 4) is 5.75 Å². The van der Waals surface area contributed by atoms with E-state index in [0.717, 1.165) is 12.1 Å². The quantitative estimate of drug-likeness (QED) is 0.622. The molecule has 1 aromatic carbocycles. The third-order valence-corrected chi connectivity index (χ3v) is 8.09. The number of pyridine rings is 1. The molecule has 3 unspecified atom stereocenters. The molecule has 2 fully saturated rings. The number of nitrogens with one attached hydrogen (secondary N) is 1. The molecule has 1 spiro atoms. The van der Waals surface area contributed by atoms with E-state index in [1.807, 2.05) is 0 Å². The molecule has 3 aliphatic rings. The van der Waals surface area contributed by atoms with Crippen LogP contribution in [0.3, 0.4) is 0 Å². The average molecular weight is 508 g/mol. The Morgan fingerprint density at radius 1 is 1.29 bits per heavy atom. The zero-order valence-corrected chi connectivity index (χ0v) is 19.9. The number of aromatic nitrogens is 1. The summed E-state index contributed by atoms with van der Waals surface area (Å²) in [6.07, 6.45) is 1.88. The van der Waals surface area contributed by atoms with Gasteiger partial charge in [0.15, 0.2) is 11.4 Å². The second-order valence-corrected chi connectivity index (χ2v) is 9.76. The summed E-state index contributed by atoms with van der Waals surface area (Å²) in [5.41, 5.74) is -2.18. The molecule has 0 bridgehead atoms. The minimum Gasteiger partial charge on any atom is -0.503 e. The van der Waals surface area contributed by atoms with Gasteiger partial charge in [-0.15, -0.1) is 0 Å². The van der Waals surface area contributed by atoms with Crippen molar-refractivity contribution in [3.63, 3.8) is 0 Å². The van der Waals surface area contributed by atoms with Crippen LogP contribution in [0.5, 0.6) is 5.75 Å². The van der Waals surface area contributed by atoms with Crippen molar-refractivity contribution < 1.29 is 28.2 Å². The third kappa shape index (κ3) is 3.45. The summed E-state index contributed by atoms with van der Waals surface area (Å²) >= 11 is 5.58. The smallest absolute Gasteiger partial charge is 0.274 e. The Hall–Kier alpha value is -2.98. The van der Waals surface area contributed by atoms with Crippen molar-refractivity contribution in [3.05, 3.63) is 62.0 Å². The molecule has 186 valence electrons. The number of hydrogen-bond acceptors (Lipinski definition) is 5. The first kappa shape index (κ1) is 23.7. The lowest BCUT2D eigenvalue weighted by atomic mass is 9.99. The molecule has 1 saturated carbocycles. The first-order valence-corrected chi connectivity index (χ1v) is 11.8. The minimum absolute atomic E-state index is 0.0768. The van der Waals surface area contributed by atoms with Gasteiger partial charge < -0.3 is 24.6 Å². The lowest BCUT2D eigenvalue weighted by Gasteiger charge is -2.41. The first-order chi connectivity index (χ1) is 16.6. The molecule has 1 aromatic heterocycles. The molecule has 5 rings (SSSR count). The monoisotopic (exact) mass is 507 g/mol. The molecule has 11 heteroatoms. The van der Waals surface area contributed by atoms with Crippen LogP contribution >= 0.6 is 11.6 Å². The van der Waals surface area contributed by atoms with Gasteiger partial charge in [0.1, 0.15) is 22.2 Å².